The molecule has 1 N–H and O–H groups in total. The van der Waals surface area contributed by atoms with Gasteiger partial charge < -0.3 is 19.7 Å². The first-order chi connectivity index (χ1) is 14.6. The van der Waals surface area contributed by atoms with Crippen LogP contribution in [0, 0.1) is 0 Å². The summed E-state index contributed by atoms with van der Waals surface area (Å²) in [5, 5.41) is 2.82. The number of amides is 2. The molecule has 30 heavy (non-hydrogen) atoms. The summed E-state index contributed by atoms with van der Waals surface area (Å²) >= 11 is 0. The molecule has 4 rings (SSSR count). The fourth-order valence-electron chi connectivity index (χ4n) is 3.46. The topological polar surface area (TPSA) is 67.9 Å². The lowest BCUT2D eigenvalue weighted by molar-refractivity contribution is -0.131. The largest absolute Gasteiger partial charge is 0.485 e. The maximum atomic E-state index is 13.2. The van der Waals surface area contributed by atoms with Crippen molar-refractivity contribution in [1.29, 1.82) is 0 Å². The number of carbonyl (C=O) groups excluding carboxylic acids is 2. The third-order valence-corrected chi connectivity index (χ3v) is 5.14. The van der Waals surface area contributed by atoms with Crippen LogP contribution in [0.2, 0.25) is 0 Å². The lowest BCUT2D eigenvalue weighted by atomic mass is 10.0. The normalized spacial score (nSPS) is 18.7. The van der Waals surface area contributed by atoms with Gasteiger partial charge in [0.1, 0.15) is 17.6 Å². The number of rotatable bonds is 4. The van der Waals surface area contributed by atoms with Gasteiger partial charge >= 0.3 is 0 Å². The molecule has 2 aliphatic heterocycles. The fourth-order valence-corrected chi connectivity index (χ4v) is 3.46. The van der Waals surface area contributed by atoms with Gasteiger partial charge in [-0.25, -0.2) is 0 Å². The molecule has 1 atom stereocenters. The monoisotopic (exact) mass is 404 g/mol. The summed E-state index contributed by atoms with van der Waals surface area (Å²) in [6, 6.07) is 16.6. The van der Waals surface area contributed by atoms with Crippen molar-refractivity contribution in [2.45, 2.75) is 13.0 Å². The van der Waals surface area contributed by atoms with Crippen LogP contribution in [0.4, 0.5) is 0 Å². The van der Waals surface area contributed by atoms with Crippen molar-refractivity contribution in [2.24, 2.45) is 0 Å². The van der Waals surface area contributed by atoms with E-state index in [0.717, 1.165) is 16.9 Å². The van der Waals surface area contributed by atoms with Crippen molar-refractivity contribution in [3.05, 3.63) is 83.1 Å². The number of benzene rings is 2. The molecule has 0 saturated carbocycles. The third-order valence-electron chi connectivity index (χ3n) is 5.14. The predicted molar refractivity (Wildman–Crippen MR) is 114 cm³/mol. The Labute approximate surface area is 175 Å². The number of nitrogens with zero attached hydrogens (tertiary/aromatic N) is 1. The summed E-state index contributed by atoms with van der Waals surface area (Å²) in [6.45, 7) is 3.88. The molecule has 2 aromatic carbocycles. The van der Waals surface area contributed by atoms with Gasteiger partial charge in [0.25, 0.3) is 11.8 Å². The minimum atomic E-state index is -0.325. The van der Waals surface area contributed by atoms with E-state index < -0.39 is 0 Å². The van der Waals surface area contributed by atoms with E-state index in [-0.39, 0.29) is 23.6 Å². The molecule has 1 saturated heterocycles. The molecule has 6 nitrogen and oxygen atoms in total. The van der Waals surface area contributed by atoms with Gasteiger partial charge in [-0.1, -0.05) is 36.4 Å². The average molecular weight is 404 g/mol. The van der Waals surface area contributed by atoms with E-state index in [0.29, 0.717) is 31.9 Å². The van der Waals surface area contributed by atoms with Crippen molar-refractivity contribution in [3.8, 4) is 5.75 Å². The number of hydrogen-bond acceptors (Lipinski definition) is 4. The molecule has 2 aliphatic rings. The zero-order chi connectivity index (χ0) is 20.9. The van der Waals surface area contributed by atoms with Crippen LogP contribution in [0.15, 0.2) is 71.9 Å². The number of fused-ring (bicyclic) bond motifs is 1. The molecule has 0 bridgehead atoms. The summed E-state index contributed by atoms with van der Waals surface area (Å²) in [5.41, 5.74) is 2.48. The van der Waals surface area contributed by atoms with Crippen molar-refractivity contribution in [3.63, 3.8) is 0 Å². The Morgan fingerprint density at radius 1 is 1.03 bits per heavy atom. The Morgan fingerprint density at radius 2 is 1.73 bits per heavy atom. The predicted octanol–water partition coefficient (Wildman–Crippen LogP) is 3.02. The van der Waals surface area contributed by atoms with Gasteiger partial charge in [0, 0.05) is 24.2 Å². The van der Waals surface area contributed by atoms with Gasteiger partial charge in [-0.15, -0.1) is 0 Å². The highest BCUT2D eigenvalue weighted by Crippen LogP contribution is 2.30. The first-order valence-electron chi connectivity index (χ1n) is 10.0. The van der Waals surface area contributed by atoms with Gasteiger partial charge in [-0.05, 0) is 42.8 Å². The molecule has 2 amide bonds. The van der Waals surface area contributed by atoms with Gasteiger partial charge in [-0.3, -0.25) is 9.59 Å². The number of hydrogen-bond donors (Lipinski definition) is 1. The smallest absolute Gasteiger partial charge is 0.270 e. The zero-order valence-electron chi connectivity index (χ0n) is 16.8. The SMILES string of the molecule is CC1Oc2ccccc2C=C1C=C(NC(=O)c1ccccc1)C(=O)N1CCOCC1. The summed E-state index contributed by atoms with van der Waals surface area (Å²) < 4.78 is 11.3. The van der Waals surface area contributed by atoms with Crippen LogP contribution in [0.5, 0.6) is 5.75 Å². The quantitative estimate of drug-likeness (QED) is 0.796. The molecular formula is C24H24N2O4. The van der Waals surface area contributed by atoms with Crippen molar-refractivity contribution >= 4 is 17.9 Å². The van der Waals surface area contributed by atoms with E-state index in [1.54, 1.807) is 35.2 Å². The molecule has 6 heteroatoms. The minimum Gasteiger partial charge on any atom is -0.485 e. The average Bonchev–Trinajstić information content (AvgIpc) is 2.79. The molecule has 1 unspecified atom stereocenters. The molecule has 154 valence electrons. The van der Waals surface area contributed by atoms with Gasteiger partial charge in [-0.2, -0.15) is 0 Å². The standard InChI is InChI=1S/C24H24N2O4/c1-17-20(15-19-9-5-6-10-22(19)30-17)16-21(24(28)26-11-13-29-14-12-26)25-23(27)18-7-3-2-4-8-18/h2-10,15-17H,11-14H2,1H3,(H,25,27). The van der Waals surface area contributed by atoms with E-state index in [2.05, 4.69) is 5.32 Å². The summed E-state index contributed by atoms with van der Waals surface area (Å²) in [5.74, 6) is 0.250. The molecule has 0 spiro atoms. The van der Waals surface area contributed by atoms with Crippen LogP contribution in [0.3, 0.4) is 0 Å². The third kappa shape index (κ3) is 4.44. The Balaban J connectivity index is 1.66. The fraction of sp³-hybridized carbons (Fsp3) is 0.250. The van der Waals surface area contributed by atoms with Gasteiger partial charge in [0.15, 0.2) is 0 Å². The lowest BCUT2D eigenvalue weighted by Gasteiger charge is -2.28. The number of ether oxygens (including phenoxy) is 2. The highest BCUT2D eigenvalue weighted by atomic mass is 16.5. The second-order valence-corrected chi connectivity index (χ2v) is 7.22. The number of nitrogens with one attached hydrogen (secondary N) is 1. The highest BCUT2D eigenvalue weighted by molar-refractivity contribution is 6.03. The maximum absolute atomic E-state index is 13.2. The second kappa shape index (κ2) is 8.97. The second-order valence-electron chi connectivity index (χ2n) is 7.22. The van der Waals surface area contributed by atoms with Crippen molar-refractivity contribution < 1.29 is 19.1 Å². The van der Waals surface area contributed by atoms with E-state index in [9.17, 15) is 9.59 Å². The number of para-hydroxylation sites is 1. The molecule has 0 aliphatic carbocycles. The van der Waals surface area contributed by atoms with Crippen LogP contribution in [0.25, 0.3) is 6.08 Å². The highest BCUT2D eigenvalue weighted by Gasteiger charge is 2.25. The van der Waals surface area contributed by atoms with Crippen LogP contribution in [-0.2, 0) is 9.53 Å². The van der Waals surface area contributed by atoms with E-state index in [4.69, 9.17) is 9.47 Å². The summed E-state index contributed by atoms with van der Waals surface area (Å²) in [7, 11) is 0. The Hall–Kier alpha value is -3.38. The summed E-state index contributed by atoms with van der Waals surface area (Å²) in [6.07, 6.45) is 3.46. The van der Waals surface area contributed by atoms with E-state index >= 15 is 0 Å². The van der Waals surface area contributed by atoms with Crippen LogP contribution >= 0.6 is 0 Å². The van der Waals surface area contributed by atoms with Crippen LogP contribution in [0.1, 0.15) is 22.8 Å². The van der Waals surface area contributed by atoms with E-state index in [1.165, 1.54) is 0 Å². The zero-order valence-corrected chi connectivity index (χ0v) is 16.8. The van der Waals surface area contributed by atoms with E-state index in [1.807, 2.05) is 43.3 Å². The minimum absolute atomic E-state index is 0.227. The number of carbonyl (C=O) groups is 2. The Bertz CT molecular complexity index is 991. The molecule has 2 heterocycles. The Kier molecular flexibility index (Phi) is 5.95. The molecule has 0 aromatic heterocycles. The van der Waals surface area contributed by atoms with Crippen LogP contribution < -0.4 is 10.1 Å². The first-order valence-corrected chi connectivity index (χ1v) is 10.0. The van der Waals surface area contributed by atoms with Gasteiger partial charge in [0.2, 0.25) is 0 Å². The molecule has 2 aromatic rings. The molecule has 1 fully saturated rings. The maximum Gasteiger partial charge on any atom is 0.270 e. The lowest BCUT2D eigenvalue weighted by Crippen LogP contribution is -2.44. The van der Waals surface area contributed by atoms with Crippen molar-refractivity contribution in [1.82, 2.24) is 10.2 Å². The van der Waals surface area contributed by atoms with Crippen molar-refractivity contribution in [2.75, 3.05) is 26.3 Å². The molecular weight excluding hydrogens is 380 g/mol. The van der Waals surface area contributed by atoms with Crippen LogP contribution in [-0.4, -0.2) is 49.1 Å². The number of morpholine rings is 1. The summed E-state index contributed by atoms with van der Waals surface area (Å²) in [4.78, 5) is 27.7. The molecule has 0 radical (unpaired) electrons. The Morgan fingerprint density at radius 3 is 2.50 bits per heavy atom. The first kappa shape index (κ1) is 19.9. The van der Waals surface area contributed by atoms with Gasteiger partial charge in [0.05, 0.1) is 13.2 Å².